The first-order valence-electron chi connectivity index (χ1n) is 7.91. The van der Waals surface area contributed by atoms with E-state index in [2.05, 4.69) is 10.1 Å². The molecule has 1 aromatic carbocycles. The molecule has 2 heterocycles. The first-order valence-corrected chi connectivity index (χ1v) is 10.6. The van der Waals surface area contributed by atoms with E-state index < -0.39 is 9.84 Å². The van der Waals surface area contributed by atoms with Gasteiger partial charge in [-0.1, -0.05) is 0 Å². The van der Waals surface area contributed by atoms with Crippen LogP contribution in [0, 0.1) is 0 Å². The Morgan fingerprint density at radius 2 is 2.04 bits per heavy atom. The predicted octanol–water partition coefficient (Wildman–Crippen LogP) is 3.02. The van der Waals surface area contributed by atoms with Gasteiger partial charge in [-0.2, -0.15) is 5.10 Å². The van der Waals surface area contributed by atoms with Crippen LogP contribution in [0.2, 0.25) is 0 Å². The number of aromatic nitrogens is 3. The lowest BCUT2D eigenvalue weighted by atomic mass is 10.2. The molecule has 8 heteroatoms. The highest BCUT2D eigenvalue weighted by molar-refractivity contribution is 7.90. The zero-order valence-electron chi connectivity index (χ0n) is 13.8. The van der Waals surface area contributed by atoms with Gasteiger partial charge in [0.05, 0.1) is 30.4 Å². The van der Waals surface area contributed by atoms with Gasteiger partial charge in [0.2, 0.25) is 0 Å². The Balaban J connectivity index is 1.64. The van der Waals surface area contributed by atoms with Crippen LogP contribution in [0.25, 0.3) is 10.6 Å². The van der Waals surface area contributed by atoms with Gasteiger partial charge in [0, 0.05) is 23.3 Å². The predicted molar refractivity (Wildman–Crippen MR) is 98.4 cm³/mol. The fourth-order valence-electron chi connectivity index (χ4n) is 2.33. The van der Waals surface area contributed by atoms with Crippen molar-refractivity contribution >= 4 is 21.2 Å². The molecule has 0 bridgehead atoms. The summed E-state index contributed by atoms with van der Waals surface area (Å²) in [6.45, 7) is 2.91. The Hall–Kier alpha value is -2.19. The van der Waals surface area contributed by atoms with Crippen LogP contribution in [0.1, 0.15) is 12.6 Å². The molecule has 0 amide bonds. The second-order valence-electron chi connectivity index (χ2n) is 5.46. The van der Waals surface area contributed by atoms with E-state index in [4.69, 9.17) is 4.74 Å². The lowest BCUT2D eigenvalue weighted by molar-refractivity contribution is 0.340. The Morgan fingerprint density at radius 1 is 1.24 bits per heavy atom. The van der Waals surface area contributed by atoms with Gasteiger partial charge in [-0.15, -0.1) is 11.3 Å². The van der Waals surface area contributed by atoms with Gasteiger partial charge >= 0.3 is 0 Å². The van der Waals surface area contributed by atoms with Crippen LogP contribution < -0.4 is 4.74 Å². The summed E-state index contributed by atoms with van der Waals surface area (Å²) in [6, 6.07) is 9.41. The lowest BCUT2D eigenvalue weighted by Gasteiger charge is -2.04. The number of hydrogen-bond acceptors (Lipinski definition) is 6. The van der Waals surface area contributed by atoms with E-state index in [0.717, 1.165) is 16.3 Å². The number of thiazole rings is 1. The summed E-state index contributed by atoms with van der Waals surface area (Å²) in [7, 11) is -3.23. The smallest absolute Gasteiger partial charge is 0.157 e. The normalized spacial score (nSPS) is 11.6. The quantitative estimate of drug-likeness (QED) is 0.603. The van der Waals surface area contributed by atoms with Crippen LogP contribution in [-0.4, -0.2) is 35.5 Å². The van der Waals surface area contributed by atoms with Crippen LogP contribution in [0.15, 0.2) is 48.1 Å². The van der Waals surface area contributed by atoms with Crippen molar-refractivity contribution in [3.05, 3.63) is 53.8 Å². The molecule has 0 saturated heterocycles. The van der Waals surface area contributed by atoms with Crippen molar-refractivity contribution < 1.29 is 13.2 Å². The molecule has 3 rings (SSSR count). The first-order chi connectivity index (χ1) is 12.1. The third kappa shape index (κ3) is 4.90. The zero-order valence-corrected chi connectivity index (χ0v) is 15.5. The second kappa shape index (κ2) is 7.79. The molecular formula is C17H19N3O3S2. The van der Waals surface area contributed by atoms with Gasteiger partial charge in [0.15, 0.2) is 9.84 Å². The van der Waals surface area contributed by atoms with Crippen LogP contribution in [0.3, 0.4) is 0 Å². The highest BCUT2D eigenvalue weighted by Crippen LogP contribution is 2.26. The molecule has 0 N–H and O–H groups in total. The summed E-state index contributed by atoms with van der Waals surface area (Å²) in [5.74, 6) is 0.802. The molecule has 0 unspecified atom stereocenters. The number of ether oxygens (including phenoxy) is 1. The molecular weight excluding hydrogens is 358 g/mol. The topological polar surface area (TPSA) is 74.1 Å². The monoisotopic (exact) mass is 377 g/mol. The minimum Gasteiger partial charge on any atom is -0.494 e. The van der Waals surface area contributed by atoms with Gasteiger partial charge in [-0.25, -0.2) is 13.4 Å². The van der Waals surface area contributed by atoms with Crippen molar-refractivity contribution in [1.82, 2.24) is 14.8 Å². The molecule has 25 heavy (non-hydrogen) atoms. The van der Waals surface area contributed by atoms with Gasteiger partial charge in [0.25, 0.3) is 0 Å². The van der Waals surface area contributed by atoms with Crippen LogP contribution in [0.4, 0.5) is 0 Å². The first kappa shape index (κ1) is 17.6. The molecule has 0 aliphatic carbocycles. The van der Waals surface area contributed by atoms with Crippen molar-refractivity contribution in [1.29, 1.82) is 0 Å². The Kier molecular flexibility index (Phi) is 5.50. The molecule has 0 fully saturated rings. The second-order valence-corrected chi connectivity index (χ2v) is 8.50. The van der Waals surface area contributed by atoms with Crippen LogP contribution in [0.5, 0.6) is 5.75 Å². The molecule has 0 radical (unpaired) electrons. The number of aryl methyl sites for hydroxylation is 1. The fraction of sp³-hybridized carbons (Fsp3) is 0.294. The SMILES string of the molecule is CCOc1ccc(-c2nc(CS(=O)(=O)CCn3cccn3)cs2)cc1. The Bertz CT molecular complexity index is 901. The maximum atomic E-state index is 12.3. The lowest BCUT2D eigenvalue weighted by Crippen LogP contribution is -2.15. The molecule has 6 nitrogen and oxygen atoms in total. The van der Waals surface area contributed by atoms with Gasteiger partial charge < -0.3 is 4.74 Å². The van der Waals surface area contributed by atoms with E-state index in [1.54, 1.807) is 28.5 Å². The summed E-state index contributed by atoms with van der Waals surface area (Å²) in [6.07, 6.45) is 3.39. The van der Waals surface area contributed by atoms with Gasteiger partial charge in [0.1, 0.15) is 10.8 Å². The van der Waals surface area contributed by atoms with E-state index in [-0.39, 0.29) is 11.5 Å². The minimum absolute atomic E-state index is 0.0462. The average molecular weight is 377 g/mol. The van der Waals surface area contributed by atoms with Crippen molar-refractivity contribution in [3.63, 3.8) is 0 Å². The van der Waals surface area contributed by atoms with Crippen molar-refractivity contribution in [2.24, 2.45) is 0 Å². The van der Waals surface area contributed by atoms with E-state index in [1.807, 2.05) is 31.2 Å². The van der Waals surface area contributed by atoms with E-state index in [9.17, 15) is 8.42 Å². The minimum atomic E-state index is -3.23. The molecule has 0 aliphatic rings. The number of nitrogens with zero attached hydrogens (tertiary/aromatic N) is 3. The van der Waals surface area contributed by atoms with Crippen molar-refractivity contribution in [2.75, 3.05) is 12.4 Å². The summed E-state index contributed by atoms with van der Waals surface area (Å²) >= 11 is 1.44. The zero-order chi connectivity index (χ0) is 17.7. The molecule has 0 saturated carbocycles. The summed E-state index contributed by atoms with van der Waals surface area (Å²) in [5, 5.41) is 6.63. The third-order valence-electron chi connectivity index (χ3n) is 3.52. The summed E-state index contributed by atoms with van der Waals surface area (Å²) in [4.78, 5) is 4.46. The largest absolute Gasteiger partial charge is 0.494 e. The average Bonchev–Trinajstić information content (AvgIpc) is 3.25. The maximum Gasteiger partial charge on any atom is 0.157 e. The molecule has 3 aromatic rings. The highest BCUT2D eigenvalue weighted by Gasteiger charge is 2.15. The summed E-state index contributed by atoms with van der Waals surface area (Å²) in [5.41, 5.74) is 1.53. The number of sulfone groups is 1. The fourth-order valence-corrected chi connectivity index (χ4v) is 4.47. The maximum absolute atomic E-state index is 12.3. The van der Waals surface area contributed by atoms with E-state index in [1.165, 1.54) is 11.3 Å². The van der Waals surface area contributed by atoms with Crippen LogP contribution in [-0.2, 0) is 22.1 Å². The Morgan fingerprint density at radius 3 is 2.72 bits per heavy atom. The molecule has 0 atom stereocenters. The Labute approximate surface area is 151 Å². The van der Waals surface area contributed by atoms with E-state index in [0.29, 0.717) is 18.8 Å². The third-order valence-corrected chi connectivity index (χ3v) is 6.00. The number of rotatable bonds is 8. The standard InChI is InChI=1S/C17H19N3O3S2/c1-2-23-16-6-4-14(5-7-16)17-19-15(12-24-17)13-25(21,22)11-10-20-9-3-8-18-20/h3-9,12H,2,10-11,13H2,1H3. The van der Waals surface area contributed by atoms with E-state index >= 15 is 0 Å². The number of benzene rings is 1. The summed E-state index contributed by atoms with van der Waals surface area (Å²) < 4.78 is 31.6. The highest BCUT2D eigenvalue weighted by atomic mass is 32.2. The van der Waals surface area contributed by atoms with Crippen molar-refractivity contribution in [2.45, 2.75) is 19.2 Å². The van der Waals surface area contributed by atoms with Gasteiger partial charge in [-0.3, -0.25) is 4.68 Å². The van der Waals surface area contributed by atoms with Crippen LogP contribution >= 0.6 is 11.3 Å². The van der Waals surface area contributed by atoms with Gasteiger partial charge in [-0.05, 0) is 37.3 Å². The van der Waals surface area contributed by atoms with Crippen molar-refractivity contribution in [3.8, 4) is 16.3 Å². The molecule has 2 aromatic heterocycles. The molecule has 132 valence electrons. The molecule has 0 spiro atoms. The number of hydrogen-bond donors (Lipinski definition) is 0. The molecule has 0 aliphatic heterocycles.